The summed E-state index contributed by atoms with van der Waals surface area (Å²) in [7, 11) is 3.49. The van der Waals surface area contributed by atoms with E-state index in [0.717, 1.165) is 64.1 Å². The number of likely N-dealkylation sites (N-methyl/N-ethyl adjacent to an activating group) is 1. The first-order valence-electron chi connectivity index (χ1n) is 9.50. The van der Waals surface area contributed by atoms with Gasteiger partial charge >= 0.3 is 0 Å². The number of amides is 1. The number of nitrogens with zero attached hydrogens (tertiary/aromatic N) is 6. The van der Waals surface area contributed by atoms with Crippen LogP contribution in [-0.2, 0) is 9.53 Å². The zero-order chi connectivity index (χ0) is 19.1. The van der Waals surface area contributed by atoms with Gasteiger partial charge < -0.3 is 24.8 Å². The SMILES string of the molecule is CN(C)C(=O)CN=C(NCC1CCCO1)N1CCN(c2ncccn2)CC1. The number of guanidine groups is 1. The van der Waals surface area contributed by atoms with E-state index in [1.807, 2.05) is 6.07 Å². The van der Waals surface area contributed by atoms with Gasteiger partial charge in [-0.2, -0.15) is 0 Å². The number of hydrogen-bond donors (Lipinski definition) is 1. The largest absolute Gasteiger partial charge is 0.376 e. The Bertz CT molecular complexity index is 624. The van der Waals surface area contributed by atoms with Crippen molar-refractivity contribution in [1.29, 1.82) is 0 Å². The van der Waals surface area contributed by atoms with E-state index in [1.165, 1.54) is 0 Å². The van der Waals surface area contributed by atoms with Crippen molar-refractivity contribution in [3.05, 3.63) is 18.5 Å². The Balaban J connectivity index is 1.59. The van der Waals surface area contributed by atoms with Crippen LogP contribution in [0.4, 0.5) is 5.95 Å². The molecule has 2 aliphatic rings. The number of aliphatic imine (C=N–C) groups is 1. The third-order valence-electron chi connectivity index (χ3n) is 4.79. The fourth-order valence-corrected chi connectivity index (χ4v) is 3.13. The first kappa shape index (κ1) is 19.3. The third kappa shape index (κ3) is 5.53. The zero-order valence-electron chi connectivity index (χ0n) is 16.2. The predicted molar refractivity (Wildman–Crippen MR) is 104 cm³/mol. The van der Waals surface area contributed by atoms with Crippen molar-refractivity contribution in [2.45, 2.75) is 18.9 Å². The van der Waals surface area contributed by atoms with Crippen molar-refractivity contribution in [2.24, 2.45) is 4.99 Å². The normalized spacial score (nSPS) is 20.7. The zero-order valence-corrected chi connectivity index (χ0v) is 16.2. The summed E-state index contributed by atoms with van der Waals surface area (Å²) in [6, 6.07) is 1.82. The molecule has 0 bridgehead atoms. The molecule has 1 unspecified atom stereocenters. The molecule has 0 radical (unpaired) electrons. The third-order valence-corrected chi connectivity index (χ3v) is 4.79. The van der Waals surface area contributed by atoms with Crippen LogP contribution in [0.5, 0.6) is 0 Å². The molecule has 0 spiro atoms. The summed E-state index contributed by atoms with van der Waals surface area (Å²) in [6.45, 7) is 4.91. The van der Waals surface area contributed by atoms with Gasteiger partial charge in [-0.3, -0.25) is 4.79 Å². The van der Waals surface area contributed by atoms with E-state index in [1.54, 1.807) is 31.4 Å². The van der Waals surface area contributed by atoms with Crippen LogP contribution < -0.4 is 10.2 Å². The maximum Gasteiger partial charge on any atom is 0.243 e. The fourth-order valence-electron chi connectivity index (χ4n) is 3.13. The van der Waals surface area contributed by atoms with Gasteiger partial charge in [0, 0.05) is 65.8 Å². The van der Waals surface area contributed by atoms with Crippen molar-refractivity contribution < 1.29 is 9.53 Å². The molecule has 2 fully saturated rings. The molecule has 3 heterocycles. The highest BCUT2D eigenvalue weighted by Gasteiger charge is 2.23. The lowest BCUT2D eigenvalue weighted by Gasteiger charge is -2.36. The van der Waals surface area contributed by atoms with E-state index in [9.17, 15) is 4.79 Å². The molecular formula is C18H29N7O2. The van der Waals surface area contributed by atoms with Crippen molar-refractivity contribution >= 4 is 17.8 Å². The number of carbonyl (C=O) groups excluding carboxylic acids is 1. The minimum Gasteiger partial charge on any atom is -0.376 e. The number of aromatic nitrogens is 2. The second kappa shape index (κ2) is 9.50. The molecular weight excluding hydrogens is 346 g/mol. The van der Waals surface area contributed by atoms with Crippen LogP contribution in [0.15, 0.2) is 23.5 Å². The average Bonchev–Trinajstić information content (AvgIpc) is 3.22. The highest BCUT2D eigenvalue weighted by atomic mass is 16.5. The van der Waals surface area contributed by atoms with Crippen LogP contribution in [0.3, 0.4) is 0 Å². The Hall–Kier alpha value is -2.42. The molecule has 3 rings (SSSR count). The molecule has 2 aliphatic heterocycles. The van der Waals surface area contributed by atoms with Crippen molar-refractivity contribution in [3.63, 3.8) is 0 Å². The Kier molecular flexibility index (Phi) is 6.80. The summed E-state index contributed by atoms with van der Waals surface area (Å²) in [5.74, 6) is 1.52. The Labute approximate surface area is 160 Å². The molecule has 1 atom stereocenters. The van der Waals surface area contributed by atoms with Gasteiger partial charge in [0.15, 0.2) is 5.96 Å². The lowest BCUT2D eigenvalue weighted by atomic mass is 10.2. The van der Waals surface area contributed by atoms with Crippen LogP contribution in [0.25, 0.3) is 0 Å². The summed E-state index contributed by atoms with van der Waals surface area (Å²) in [6.07, 6.45) is 5.91. The second-order valence-corrected chi connectivity index (χ2v) is 6.97. The van der Waals surface area contributed by atoms with E-state index in [0.29, 0.717) is 0 Å². The van der Waals surface area contributed by atoms with Gasteiger partial charge in [0.1, 0.15) is 6.54 Å². The monoisotopic (exact) mass is 375 g/mol. The maximum absolute atomic E-state index is 12.0. The fraction of sp³-hybridized carbons (Fsp3) is 0.667. The highest BCUT2D eigenvalue weighted by molar-refractivity contribution is 5.85. The topological polar surface area (TPSA) is 86.2 Å². The predicted octanol–water partition coefficient (Wildman–Crippen LogP) is -0.189. The molecule has 9 heteroatoms. The minimum atomic E-state index is -0.0114. The minimum absolute atomic E-state index is 0.0114. The van der Waals surface area contributed by atoms with Crippen molar-refractivity contribution in [1.82, 2.24) is 25.1 Å². The number of nitrogens with one attached hydrogen (secondary N) is 1. The molecule has 9 nitrogen and oxygen atoms in total. The Morgan fingerprint density at radius 1 is 1.30 bits per heavy atom. The average molecular weight is 375 g/mol. The van der Waals surface area contributed by atoms with E-state index >= 15 is 0 Å². The molecule has 0 aliphatic carbocycles. The number of rotatable bonds is 5. The van der Waals surface area contributed by atoms with E-state index < -0.39 is 0 Å². The highest BCUT2D eigenvalue weighted by Crippen LogP contribution is 2.12. The van der Waals surface area contributed by atoms with E-state index in [-0.39, 0.29) is 18.6 Å². The van der Waals surface area contributed by atoms with Gasteiger partial charge in [0.25, 0.3) is 0 Å². The van der Waals surface area contributed by atoms with Crippen LogP contribution in [0, 0.1) is 0 Å². The molecule has 1 amide bonds. The van der Waals surface area contributed by atoms with Gasteiger partial charge in [-0.05, 0) is 18.9 Å². The first-order chi connectivity index (χ1) is 13.1. The van der Waals surface area contributed by atoms with Gasteiger partial charge in [-0.1, -0.05) is 0 Å². The summed E-state index contributed by atoms with van der Waals surface area (Å²) in [5.41, 5.74) is 0. The molecule has 1 aromatic rings. The molecule has 1 N–H and O–H groups in total. The molecule has 2 saturated heterocycles. The van der Waals surface area contributed by atoms with Gasteiger partial charge in [-0.15, -0.1) is 0 Å². The quantitative estimate of drug-likeness (QED) is 0.564. The lowest BCUT2D eigenvalue weighted by Crippen LogP contribution is -2.54. The van der Waals surface area contributed by atoms with E-state index in [4.69, 9.17) is 4.74 Å². The Morgan fingerprint density at radius 3 is 2.67 bits per heavy atom. The number of ether oxygens (including phenoxy) is 1. The lowest BCUT2D eigenvalue weighted by molar-refractivity contribution is -0.127. The van der Waals surface area contributed by atoms with Crippen LogP contribution in [0.1, 0.15) is 12.8 Å². The summed E-state index contributed by atoms with van der Waals surface area (Å²) < 4.78 is 5.69. The number of hydrogen-bond acceptors (Lipinski definition) is 6. The Morgan fingerprint density at radius 2 is 2.04 bits per heavy atom. The number of anilines is 1. The molecule has 0 saturated carbocycles. The van der Waals surface area contributed by atoms with Crippen LogP contribution >= 0.6 is 0 Å². The molecule has 27 heavy (non-hydrogen) atoms. The second-order valence-electron chi connectivity index (χ2n) is 6.97. The molecule has 1 aromatic heterocycles. The van der Waals surface area contributed by atoms with Gasteiger partial charge in [0.05, 0.1) is 6.10 Å². The summed E-state index contributed by atoms with van der Waals surface area (Å²) in [4.78, 5) is 31.1. The first-order valence-corrected chi connectivity index (χ1v) is 9.50. The number of carbonyl (C=O) groups is 1. The van der Waals surface area contributed by atoms with Gasteiger partial charge in [0.2, 0.25) is 11.9 Å². The smallest absolute Gasteiger partial charge is 0.243 e. The summed E-state index contributed by atoms with van der Waals surface area (Å²) in [5, 5.41) is 3.41. The van der Waals surface area contributed by atoms with Crippen LogP contribution in [-0.4, -0.2) is 97.7 Å². The van der Waals surface area contributed by atoms with Crippen molar-refractivity contribution in [3.8, 4) is 0 Å². The van der Waals surface area contributed by atoms with Crippen LogP contribution in [0.2, 0.25) is 0 Å². The van der Waals surface area contributed by atoms with Crippen molar-refractivity contribution in [2.75, 3.05) is 64.9 Å². The standard InChI is InChI=1S/C18H29N7O2/c1-23(2)16(26)14-22-18(21-13-15-5-3-12-27-15)25-10-8-24(9-11-25)17-19-6-4-7-20-17/h4,6-7,15H,3,5,8-14H2,1-2H3,(H,21,22). The van der Waals surface area contributed by atoms with E-state index in [2.05, 4.69) is 30.1 Å². The maximum atomic E-state index is 12.0. The summed E-state index contributed by atoms with van der Waals surface area (Å²) >= 11 is 0. The molecule has 148 valence electrons. The van der Waals surface area contributed by atoms with Gasteiger partial charge in [-0.25, -0.2) is 15.0 Å². The molecule has 0 aromatic carbocycles. The number of piperazine rings is 1.